The highest BCUT2D eigenvalue weighted by atomic mass is 28.4. The number of carbonyl (C=O) groups excluding carboxylic acids is 1. The lowest BCUT2D eigenvalue weighted by molar-refractivity contribution is -0.152. The Morgan fingerprint density at radius 3 is 1.64 bits per heavy atom. The molecule has 0 aromatic heterocycles. The molecule has 0 saturated carbocycles. The molecule has 14 heavy (non-hydrogen) atoms. The molecule has 0 fully saturated rings. The van der Waals surface area contributed by atoms with Crippen LogP contribution in [0.3, 0.4) is 0 Å². The highest BCUT2D eigenvalue weighted by molar-refractivity contribution is 6.82. The molecule has 0 aliphatic heterocycles. The summed E-state index contributed by atoms with van der Waals surface area (Å²) >= 11 is 0. The smallest absolute Gasteiger partial charge is 0.358 e. The lowest BCUT2D eigenvalue weighted by Gasteiger charge is -2.29. The zero-order valence-corrected chi connectivity index (χ0v) is 11.6. The first-order valence-corrected chi connectivity index (χ1v) is 11.4. The molecule has 0 bridgehead atoms. The van der Waals surface area contributed by atoms with Crippen molar-refractivity contribution in [1.29, 1.82) is 0 Å². The van der Waals surface area contributed by atoms with Gasteiger partial charge in [0.25, 0.3) is 0 Å². The van der Waals surface area contributed by atoms with Crippen LogP contribution >= 0.6 is 0 Å². The van der Waals surface area contributed by atoms with E-state index >= 15 is 0 Å². The molecule has 84 valence electrons. The summed E-state index contributed by atoms with van der Waals surface area (Å²) in [6.45, 7) is 9.51. The molecule has 0 heterocycles. The van der Waals surface area contributed by atoms with Gasteiger partial charge in [0.05, 0.1) is 0 Å². The molecule has 0 unspecified atom stereocenters. The van der Waals surface area contributed by atoms with Crippen LogP contribution < -0.4 is 0 Å². The molecular weight excluding hydrogens is 222 g/mol. The molecule has 0 spiro atoms. The van der Waals surface area contributed by atoms with Crippen LogP contribution in [-0.4, -0.2) is 27.9 Å². The fourth-order valence-corrected chi connectivity index (χ4v) is 2.10. The predicted molar refractivity (Wildman–Crippen MR) is 57.7 cm³/mol. The normalized spacial score (nSPS) is 14.0. The van der Waals surface area contributed by atoms with Crippen molar-refractivity contribution in [1.82, 2.24) is 0 Å². The number of hydrogen-bond acceptors (Lipinski definition) is 2. The van der Waals surface area contributed by atoms with Gasteiger partial charge in [-0.2, -0.15) is 8.78 Å². The van der Waals surface area contributed by atoms with Gasteiger partial charge < -0.3 is 4.43 Å². The predicted octanol–water partition coefficient (Wildman–Crippen LogP) is 2.88. The first-order valence-electron chi connectivity index (χ1n) is 4.49. The SMILES string of the molecule is C[Si](C)(C)OC(=O)C(F)(F)[Si](C)(C)C. The van der Waals surface area contributed by atoms with E-state index in [1.165, 1.54) is 19.6 Å². The average molecular weight is 240 g/mol. The Balaban J connectivity index is 4.70. The van der Waals surface area contributed by atoms with Crippen molar-refractivity contribution in [2.24, 2.45) is 0 Å². The standard InChI is InChI=1S/C8H18F2O2Si2/c1-13(2,3)8(9,10)7(11)12-14(4,5)6/h1-6H3. The van der Waals surface area contributed by atoms with Gasteiger partial charge in [0.2, 0.25) is 8.32 Å². The summed E-state index contributed by atoms with van der Waals surface area (Å²) in [4.78, 5) is 11.2. The van der Waals surface area contributed by atoms with Gasteiger partial charge in [-0.3, -0.25) is 0 Å². The molecule has 0 atom stereocenters. The third-order valence-electron chi connectivity index (χ3n) is 1.60. The highest BCUT2D eigenvalue weighted by Crippen LogP contribution is 2.29. The summed E-state index contributed by atoms with van der Waals surface area (Å²) in [5.74, 6) is -1.34. The molecule has 0 radical (unpaired) electrons. The second kappa shape index (κ2) is 3.73. The van der Waals surface area contributed by atoms with Crippen LogP contribution in [0.1, 0.15) is 0 Å². The zero-order chi connectivity index (χ0) is 11.8. The molecule has 0 aliphatic rings. The van der Waals surface area contributed by atoms with Gasteiger partial charge in [0, 0.05) is 0 Å². The van der Waals surface area contributed by atoms with Crippen molar-refractivity contribution in [3.63, 3.8) is 0 Å². The van der Waals surface area contributed by atoms with Gasteiger partial charge in [-0.1, -0.05) is 19.6 Å². The average Bonchev–Trinajstić information content (AvgIpc) is 1.80. The number of alkyl halides is 2. The maximum Gasteiger partial charge on any atom is 0.358 e. The van der Waals surface area contributed by atoms with E-state index in [4.69, 9.17) is 4.43 Å². The van der Waals surface area contributed by atoms with Crippen molar-refractivity contribution in [3.8, 4) is 0 Å². The summed E-state index contributed by atoms with van der Waals surface area (Å²) in [5, 5.41) is 0. The summed E-state index contributed by atoms with van der Waals surface area (Å²) in [6, 6.07) is 0. The molecule has 0 N–H and O–H groups in total. The molecule has 0 aromatic carbocycles. The number of halogens is 2. The van der Waals surface area contributed by atoms with E-state index in [1.807, 2.05) is 0 Å². The van der Waals surface area contributed by atoms with Gasteiger partial charge in [-0.05, 0) is 19.6 Å². The molecule has 0 saturated heterocycles. The van der Waals surface area contributed by atoms with Crippen LogP contribution in [0.2, 0.25) is 39.3 Å². The van der Waals surface area contributed by atoms with E-state index in [2.05, 4.69) is 0 Å². The molecule has 0 aliphatic carbocycles. The minimum absolute atomic E-state index is 1.34. The van der Waals surface area contributed by atoms with Crippen LogP contribution in [0.25, 0.3) is 0 Å². The molecule has 0 amide bonds. The first kappa shape index (κ1) is 13.8. The fourth-order valence-electron chi connectivity index (χ4n) is 0.648. The van der Waals surface area contributed by atoms with Crippen molar-refractivity contribution in [2.45, 2.75) is 44.8 Å². The maximum atomic E-state index is 13.5. The van der Waals surface area contributed by atoms with Gasteiger partial charge in [-0.15, -0.1) is 0 Å². The third-order valence-corrected chi connectivity index (χ3v) is 4.48. The molecule has 2 nitrogen and oxygen atoms in total. The van der Waals surface area contributed by atoms with Crippen LogP contribution in [0.5, 0.6) is 0 Å². The Labute approximate surface area is 85.8 Å². The third kappa shape index (κ3) is 3.49. The largest absolute Gasteiger partial charge is 0.516 e. The summed E-state index contributed by atoms with van der Waals surface area (Å²) in [5.41, 5.74) is -3.28. The number of rotatable bonds is 3. The van der Waals surface area contributed by atoms with Crippen molar-refractivity contribution >= 4 is 22.4 Å². The zero-order valence-electron chi connectivity index (χ0n) is 9.57. The second-order valence-electron chi connectivity index (χ2n) is 5.33. The Morgan fingerprint density at radius 2 is 1.43 bits per heavy atom. The Kier molecular flexibility index (Phi) is 3.67. The topological polar surface area (TPSA) is 26.3 Å². The van der Waals surface area contributed by atoms with Crippen molar-refractivity contribution < 1.29 is 18.0 Å². The van der Waals surface area contributed by atoms with Crippen LogP contribution in [0.15, 0.2) is 0 Å². The van der Waals surface area contributed by atoms with E-state index in [-0.39, 0.29) is 0 Å². The molecule has 0 rings (SSSR count). The van der Waals surface area contributed by atoms with Gasteiger partial charge >= 0.3 is 11.5 Å². The van der Waals surface area contributed by atoms with Gasteiger partial charge in [-0.25, -0.2) is 4.79 Å². The summed E-state index contributed by atoms with van der Waals surface area (Å²) < 4.78 is 31.7. The fraction of sp³-hybridized carbons (Fsp3) is 0.875. The maximum absolute atomic E-state index is 13.5. The first-order chi connectivity index (χ1) is 5.88. The van der Waals surface area contributed by atoms with Gasteiger partial charge in [0.1, 0.15) is 8.07 Å². The minimum atomic E-state index is -3.28. The number of hydrogen-bond donors (Lipinski definition) is 0. The van der Waals surface area contributed by atoms with Crippen LogP contribution in [-0.2, 0) is 9.22 Å². The molecular formula is C8H18F2O2Si2. The minimum Gasteiger partial charge on any atom is -0.516 e. The Hall–Kier alpha value is -0.236. The van der Waals surface area contributed by atoms with Crippen molar-refractivity contribution in [3.05, 3.63) is 0 Å². The van der Waals surface area contributed by atoms with E-state index in [0.29, 0.717) is 0 Å². The monoisotopic (exact) mass is 240 g/mol. The molecule has 0 aromatic rings. The lowest BCUT2D eigenvalue weighted by Crippen LogP contribution is -2.54. The lowest BCUT2D eigenvalue weighted by atomic mass is 10.7. The number of carbonyl (C=O) groups is 1. The van der Waals surface area contributed by atoms with E-state index in [1.54, 1.807) is 19.6 Å². The molecule has 6 heteroatoms. The van der Waals surface area contributed by atoms with Crippen LogP contribution in [0, 0.1) is 0 Å². The van der Waals surface area contributed by atoms with E-state index < -0.39 is 27.9 Å². The van der Waals surface area contributed by atoms with Crippen molar-refractivity contribution in [2.75, 3.05) is 0 Å². The van der Waals surface area contributed by atoms with Crippen LogP contribution in [0.4, 0.5) is 8.78 Å². The quantitative estimate of drug-likeness (QED) is 0.709. The highest BCUT2D eigenvalue weighted by Gasteiger charge is 2.53. The summed E-state index contributed by atoms with van der Waals surface area (Å²) in [7, 11) is -5.05. The van der Waals surface area contributed by atoms with Gasteiger partial charge in [0.15, 0.2) is 0 Å². The van der Waals surface area contributed by atoms with E-state index in [9.17, 15) is 13.6 Å². The summed E-state index contributed by atoms with van der Waals surface area (Å²) in [6.07, 6.45) is 0. The Morgan fingerprint density at radius 1 is 1.07 bits per heavy atom. The Bertz CT molecular complexity index is 228. The van der Waals surface area contributed by atoms with E-state index in [0.717, 1.165) is 0 Å². The second-order valence-corrected chi connectivity index (χ2v) is 14.9.